The minimum absolute atomic E-state index is 0. The van der Waals surface area contributed by atoms with Crippen LogP contribution in [0, 0.1) is 6.92 Å². The predicted molar refractivity (Wildman–Crippen MR) is 51.1 cm³/mol. The minimum atomic E-state index is -4.02. The van der Waals surface area contributed by atoms with Crippen molar-refractivity contribution in [3.63, 3.8) is 0 Å². The molecule has 0 aliphatic heterocycles. The number of nitrogens with zero attached hydrogens (tertiary/aromatic N) is 3. The quantitative estimate of drug-likeness (QED) is 0.225. The molecule has 0 amide bonds. The van der Waals surface area contributed by atoms with Crippen molar-refractivity contribution in [1.82, 2.24) is 0 Å². The van der Waals surface area contributed by atoms with Crippen molar-refractivity contribution in [2.75, 3.05) is 0 Å². The summed E-state index contributed by atoms with van der Waals surface area (Å²) in [5.74, 6) is 0. The third-order valence-electron chi connectivity index (χ3n) is 1.32. The van der Waals surface area contributed by atoms with Crippen LogP contribution in [0.2, 0.25) is 0 Å². The van der Waals surface area contributed by atoms with E-state index in [1.807, 2.05) is 6.92 Å². The van der Waals surface area contributed by atoms with Gasteiger partial charge in [-0.25, -0.2) is 0 Å². The zero-order valence-electron chi connectivity index (χ0n) is 8.32. The maximum atomic E-state index is 10.5. The van der Waals surface area contributed by atoms with Crippen molar-refractivity contribution in [3.8, 4) is 0 Å². The van der Waals surface area contributed by atoms with Crippen LogP contribution in [-0.4, -0.2) is 13.0 Å². The summed E-state index contributed by atoms with van der Waals surface area (Å²) < 4.78 is 29.6. The van der Waals surface area contributed by atoms with Crippen LogP contribution in [0.1, 0.15) is 5.56 Å². The zero-order chi connectivity index (χ0) is 11.2. The van der Waals surface area contributed by atoms with Gasteiger partial charge >= 0.3 is 29.6 Å². The Morgan fingerprint density at radius 1 is 1.20 bits per heavy atom. The Balaban J connectivity index is 0. The summed E-state index contributed by atoms with van der Waals surface area (Å²) in [6.45, 7) is 1.84. The van der Waals surface area contributed by atoms with Gasteiger partial charge in [-0.1, -0.05) is 17.7 Å². The van der Waals surface area contributed by atoms with Gasteiger partial charge in [0.05, 0.1) is 4.90 Å². The van der Waals surface area contributed by atoms with Crippen molar-refractivity contribution in [2.24, 2.45) is 0 Å². The molecule has 76 valence electrons. The molecule has 1 N–H and O–H groups in total. The molecule has 0 saturated heterocycles. The van der Waals surface area contributed by atoms with Gasteiger partial charge in [-0.2, -0.15) is 8.42 Å². The molecule has 0 radical (unpaired) electrons. The predicted octanol–water partition coefficient (Wildman–Crippen LogP) is -0.888. The number of benzene rings is 1. The first-order valence-corrected chi connectivity index (χ1v) is 4.88. The first kappa shape index (κ1) is 16.9. The molecule has 1 rings (SSSR count). The summed E-state index contributed by atoms with van der Waals surface area (Å²) in [5.41, 5.74) is 14.5. The van der Waals surface area contributed by atoms with Crippen LogP contribution in [0.4, 0.5) is 0 Å². The van der Waals surface area contributed by atoms with Gasteiger partial charge in [0.1, 0.15) is 0 Å². The molecular weight excluding hydrogens is 229 g/mol. The largest absolute Gasteiger partial charge is 1.00 e. The Morgan fingerprint density at radius 3 is 1.80 bits per heavy atom. The summed E-state index contributed by atoms with van der Waals surface area (Å²) >= 11 is 0. The Morgan fingerprint density at radius 2 is 1.53 bits per heavy atom. The summed E-state index contributed by atoms with van der Waals surface area (Å²) in [5, 5.41) is 0. The first-order chi connectivity index (χ1) is 6.41. The average molecular weight is 237 g/mol. The molecule has 6 nitrogen and oxygen atoms in total. The van der Waals surface area contributed by atoms with Gasteiger partial charge in [-0.05, 0) is 19.1 Å². The molecule has 0 spiro atoms. The minimum Gasteiger partial charge on any atom is -0.373 e. The van der Waals surface area contributed by atoms with Crippen LogP contribution in [-0.2, 0) is 10.1 Å². The number of aryl methyl sites for hydroxylation is 1. The van der Waals surface area contributed by atoms with Crippen molar-refractivity contribution < 1.29 is 42.5 Å². The monoisotopic (exact) mass is 237 g/mol. The average Bonchev–Trinajstić information content (AvgIpc) is 2.04. The summed E-state index contributed by atoms with van der Waals surface area (Å²) in [4.78, 5) is 1.43. The summed E-state index contributed by atoms with van der Waals surface area (Å²) in [6.07, 6.45) is 0. The molecule has 8 heteroatoms. The van der Waals surface area contributed by atoms with Gasteiger partial charge in [-0.3, -0.25) is 9.46 Å². The molecule has 0 fully saturated rings. The molecule has 0 aliphatic carbocycles. The molecule has 0 bridgehead atoms. The standard InChI is InChI=1S/C7H8O3S.N3.Na/c1-6-2-4-7(5-3-6)11(8,9)10;1-3-2;/h2-5H,1H3,(H,8,9,10);;/q;-1;+1. The fourth-order valence-corrected chi connectivity index (χ4v) is 1.19. The third-order valence-corrected chi connectivity index (χ3v) is 2.19. The second-order valence-electron chi connectivity index (χ2n) is 2.38. The van der Waals surface area contributed by atoms with Gasteiger partial charge < -0.3 is 11.1 Å². The van der Waals surface area contributed by atoms with Gasteiger partial charge in [0.2, 0.25) is 0 Å². The van der Waals surface area contributed by atoms with Gasteiger partial charge in [0.15, 0.2) is 0 Å². The second kappa shape index (κ2) is 7.70. The van der Waals surface area contributed by atoms with E-state index in [1.54, 1.807) is 12.1 Å². The van der Waals surface area contributed by atoms with Crippen LogP contribution in [0.3, 0.4) is 0 Å². The smallest absolute Gasteiger partial charge is 0.373 e. The van der Waals surface area contributed by atoms with Gasteiger partial charge in [-0.15, -0.1) is 0 Å². The normalized spacial score (nSPS) is 8.93. The Kier molecular flexibility index (Phi) is 8.65. The van der Waals surface area contributed by atoms with E-state index in [0.29, 0.717) is 0 Å². The zero-order valence-corrected chi connectivity index (χ0v) is 11.1. The molecule has 0 atom stereocenters. The van der Waals surface area contributed by atoms with Crippen molar-refractivity contribution >= 4 is 10.1 Å². The van der Waals surface area contributed by atoms with E-state index in [2.05, 4.69) is 0 Å². The van der Waals surface area contributed by atoms with Gasteiger partial charge in [0.25, 0.3) is 10.1 Å². The van der Waals surface area contributed by atoms with E-state index in [-0.39, 0.29) is 34.5 Å². The van der Waals surface area contributed by atoms with E-state index in [1.165, 1.54) is 17.0 Å². The molecule has 0 heterocycles. The Hall–Kier alpha value is -0.560. The van der Waals surface area contributed by atoms with Crippen LogP contribution in [0.25, 0.3) is 16.0 Å². The molecule has 0 saturated carbocycles. The molecule has 0 aliphatic rings. The maximum Gasteiger partial charge on any atom is 1.00 e. The molecule has 1 aromatic carbocycles. The molecule has 0 aromatic heterocycles. The van der Waals surface area contributed by atoms with Crippen LogP contribution < -0.4 is 29.6 Å². The number of rotatable bonds is 1. The van der Waals surface area contributed by atoms with Crippen molar-refractivity contribution in [1.29, 1.82) is 0 Å². The van der Waals surface area contributed by atoms with E-state index in [0.717, 1.165) is 5.56 Å². The van der Waals surface area contributed by atoms with E-state index in [9.17, 15) is 8.42 Å². The first-order valence-electron chi connectivity index (χ1n) is 3.44. The SMILES string of the molecule is Cc1ccc(S(=O)(=O)O)cc1.[N-]=[N+]=[N-].[Na+]. The summed E-state index contributed by atoms with van der Waals surface area (Å²) in [7, 11) is -4.02. The number of hydrogen-bond donors (Lipinski definition) is 1. The third kappa shape index (κ3) is 7.38. The van der Waals surface area contributed by atoms with E-state index in [4.69, 9.17) is 15.6 Å². The van der Waals surface area contributed by atoms with Crippen LogP contribution >= 0.6 is 0 Å². The topological polar surface area (TPSA) is 113 Å². The van der Waals surface area contributed by atoms with Crippen molar-refractivity contribution in [2.45, 2.75) is 11.8 Å². The second-order valence-corrected chi connectivity index (χ2v) is 3.80. The Labute approximate surface area is 110 Å². The molecule has 15 heavy (non-hydrogen) atoms. The van der Waals surface area contributed by atoms with Crippen molar-refractivity contribution in [3.05, 3.63) is 45.8 Å². The molecular formula is C7H8N3NaO3S. The molecule has 1 aromatic rings. The fraction of sp³-hybridized carbons (Fsp3) is 0.143. The van der Waals surface area contributed by atoms with E-state index < -0.39 is 10.1 Å². The Bertz CT molecular complexity index is 423. The number of hydrogen-bond acceptors (Lipinski definition) is 2. The van der Waals surface area contributed by atoms with Crippen LogP contribution in [0.15, 0.2) is 29.2 Å². The van der Waals surface area contributed by atoms with Gasteiger partial charge in [0, 0.05) is 0 Å². The van der Waals surface area contributed by atoms with E-state index >= 15 is 0 Å². The van der Waals surface area contributed by atoms with Crippen LogP contribution in [0.5, 0.6) is 0 Å². The maximum absolute atomic E-state index is 10.5. The molecule has 0 unspecified atom stereocenters. The fourth-order valence-electron chi connectivity index (χ4n) is 0.710. The summed E-state index contributed by atoms with van der Waals surface area (Å²) in [6, 6.07) is 5.99.